The Hall–Kier alpha value is -2.95. The van der Waals surface area contributed by atoms with Crippen LogP contribution in [-0.2, 0) is 24.3 Å². The van der Waals surface area contributed by atoms with Crippen LogP contribution in [0, 0.1) is 0 Å². The lowest BCUT2D eigenvalue weighted by atomic mass is 10.2. The first-order chi connectivity index (χ1) is 14.6. The number of esters is 1. The molecule has 2 rings (SSSR count). The second-order valence-corrected chi connectivity index (χ2v) is 8.54. The van der Waals surface area contributed by atoms with Gasteiger partial charge >= 0.3 is 5.97 Å². The number of sulfonamides is 1. The Balaban J connectivity index is 1.89. The Bertz CT molecular complexity index is 1060. The molecular weight excluding hydrogens is 446 g/mol. The van der Waals surface area contributed by atoms with Crippen LogP contribution in [0.1, 0.15) is 24.2 Å². The van der Waals surface area contributed by atoms with Crippen molar-refractivity contribution in [2.75, 3.05) is 18.5 Å². The van der Waals surface area contributed by atoms with E-state index in [1.165, 1.54) is 37.3 Å². The Kier molecular flexibility index (Phi) is 8.55. The van der Waals surface area contributed by atoms with Gasteiger partial charge in [0, 0.05) is 22.8 Å². The fraction of sp³-hybridized carbons (Fsp3) is 0.250. The molecule has 9 nitrogen and oxygen atoms in total. The average molecular weight is 468 g/mol. The molecule has 0 aromatic heterocycles. The lowest BCUT2D eigenvalue weighted by Crippen LogP contribution is -2.40. The van der Waals surface area contributed by atoms with Crippen LogP contribution in [0.2, 0.25) is 5.02 Å². The molecule has 11 heteroatoms. The number of halogens is 1. The topological polar surface area (TPSA) is 131 Å². The minimum absolute atomic E-state index is 0.0683. The molecule has 2 aromatic carbocycles. The highest BCUT2D eigenvalue weighted by atomic mass is 35.5. The molecule has 166 valence electrons. The number of hydrogen-bond donors (Lipinski definition) is 3. The molecule has 2 amide bonds. The predicted molar refractivity (Wildman–Crippen MR) is 115 cm³/mol. The smallest absolute Gasteiger partial charge is 0.324 e. The molecule has 0 spiro atoms. The zero-order valence-corrected chi connectivity index (χ0v) is 18.4. The van der Waals surface area contributed by atoms with Gasteiger partial charge in [-0.3, -0.25) is 14.4 Å². The summed E-state index contributed by atoms with van der Waals surface area (Å²) in [4.78, 5) is 35.9. The number of benzene rings is 2. The third-order valence-electron chi connectivity index (χ3n) is 3.90. The van der Waals surface area contributed by atoms with Gasteiger partial charge in [-0.25, -0.2) is 8.42 Å². The fourth-order valence-corrected chi connectivity index (χ4v) is 3.74. The standard InChI is InChI=1S/C20H22ClN3O6S/c1-3-22-19(26)14-5-4-6-16(11-14)23-18(25)12-30-20(27)13(2)24-31(28,29)17-9-7-15(21)8-10-17/h4-11,13,24H,3,12H2,1-2H3,(H,22,26)(H,23,25)/t13-/m0/s1. The van der Waals surface area contributed by atoms with Crippen LogP contribution in [0.3, 0.4) is 0 Å². The van der Waals surface area contributed by atoms with E-state index in [0.717, 1.165) is 0 Å². The molecule has 0 bridgehead atoms. The number of rotatable bonds is 9. The van der Waals surface area contributed by atoms with Crippen molar-refractivity contribution in [2.24, 2.45) is 0 Å². The van der Waals surface area contributed by atoms with E-state index in [4.69, 9.17) is 16.3 Å². The van der Waals surface area contributed by atoms with E-state index in [1.807, 2.05) is 0 Å². The van der Waals surface area contributed by atoms with Gasteiger partial charge in [0.15, 0.2) is 6.61 Å². The van der Waals surface area contributed by atoms with Crippen molar-refractivity contribution >= 4 is 45.1 Å². The predicted octanol–water partition coefficient (Wildman–Crippen LogP) is 1.94. The third kappa shape index (κ3) is 7.35. The first kappa shape index (κ1) is 24.3. The van der Waals surface area contributed by atoms with Crippen molar-refractivity contribution < 1.29 is 27.5 Å². The van der Waals surface area contributed by atoms with E-state index in [1.54, 1.807) is 25.1 Å². The maximum absolute atomic E-state index is 12.3. The number of anilines is 1. The summed E-state index contributed by atoms with van der Waals surface area (Å²) in [7, 11) is -3.97. The van der Waals surface area contributed by atoms with Crippen LogP contribution < -0.4 is 15.4 Å². The number of ether oxygens (including phenoxy) is 1. The van der Waals surface area contributed by atoms with Crippen LogP contribution in [0.25, 0.3) is 0 Å². The lowest BCUT2D eigenvalue weighted by molar-refractivity contribution is -0.148. The molecule has 0 aliphatic rings. The Labute approximate surface area is 185 Å². The Morgan fingerprint density at radius 2 is 1.77 bits per heavy atom. The fourth-order valence-electron chi connectivity index (χ4n) is 2.42. The molecule has 0 fully saturated rings. The van der Waals surface area contributed by atoms with Crippen molar-refractivity contribution in [3.63, 3.8) is 0 Å². The summed E-state index contributed by atoms with van der Waals surface area (Å²) in [5.74, 6) is -1.86. The first-order valence-electron chi connectivity index (χ1n) is 9.25. The van der Waals surface area contributed by atoms with Gasteiger partial charge in [0.25, 0.3) is 11.8 Å². The summed E-state index contributed by atoms with van der Waals surface area (Å²) in [6.07, 6.45) is 0. The SMILES string of the molecule is CCNC(=O)c1cccc(NC(=O)COC(=O)[C@H](C)NS(=O)(=O)c2ccc(Cl)cc2)c1. The van der Waals surface area contributed by atoms with Crippen LogP contribution in [0.4, 0.5) is 5.69 Å². The molecule has 0 unspecified atom stereocenters. The highest BCUT2D eigenvalue weighted by molar-refractivity contribution is 7.89. The van der Waals surface area contributed by atoms with Gasteiger partial charge < -0.3 is 15.4 Å². The van der Waals surface area contributed by atoms with Crippen molar-refractivity contribution in [1.29, 1.82) is 0 Å². The quantitative estimate of drug-likeness (QED) is 0.483. The van der Waals surface area contributed by atoms with E-state index < -0.39 is 34.5 Å². The monoisotopic (exact) mass is 467 g/mol. The molecule has 3 N–H and O–H groups in total. The summed E-state index contributed by atoms with van der Waals surface area (Å²) in [6.45, 7) is 2.92. The van der Waals surface area contributed by atoms with Gasteiger partial charge in [-0.1, -0.05) is 17.7 Å². The largest absolute Gasteiger partial charge is 0.454 e. The van der Waals surface area contributed by atoms with E-state index in [9.17, 15) is 22.8 Å². The first-order valence-corrected chi connectivity index (χ1v) is 11.1. The van der Waals surface area contributed by atoms with Crippen molar-refractivity contribution in [3.8, 4) is 0 Å². The van der Waals surface area contributed by atoms with Crippen molar-refractivity contribution in [2.45, 2.75) is 24.8 Å². The number of hydrogen-bond acceptors (Lipinski definition) is 6. The van der Waals surface area contributed by atoms with Crippen LogP contribution in [0.5, 0.6) is 0 Å². The Morgan fingerprint density at radius 3 is 2.42 bits per heavy atom. The molecule has 0 aliphatic heterocycles. The molecule has 0 heterocycles. The molecule has 31 heavy (non-hydrogen) atoms. The highest BCUT2D eigenvalue weighted by Gasteiger charge is 2.23. The van der Waals surface area contributed by atoms with E-state index in [-0.39, 0.29) is 10.8 Å². The molecule has 2 aromatic rings. The zero-order valence-electron chi connectivity index (χ0n) is 16.8. The second-order valence-electron chi connectivity index (χ2n) is 6.39. The van der Waals surface area contributed by atoms with E-state index in [0.29, 0.717) is 22.8 Å². The van der Waals surface area contributed by atoms with E-state index >= 15 is 0 Å². The van der Waals surface area contributed by atoms with Crippen molar-refractivity contribution in [1.82, 2.24) is 10.0 Å². The van der Waals surface area contributed by atoms with Crippen molar-refractivity contribution in [3.05, 3.63) is 59.1 Å². The number of carbonyl (C=O) groups excluding carboxylic acids is 3. The van der Waals surface area contributed by atoms with Gasteiger partial charge in [0.1, 0.15) is 6.04 Å². The zero-order chi connectivity index (χ0) is 23.0. The Morgan fingerprint density at radius 1 is 1.10 bits per heavy atom. The molecule has 0 saturated carbocycles. The minimum Gasteiger partial charge on any atom is -0.454 e. The van der Waals surface area contributed by atoms with Crippen LogP contribution >= 0.6 is 11.6 Å². The number of carbonyl (C=O) groups is 3. The maximum atomic E-state index is 12.3. The summed E-state index contributed by atoms with van der Waals surface area (Å²) < 4.78 is 31.6. The normalized spacial score (nSPS) is 12.0. The van der Waals surface area contributed by atoms with Gasteiger partial charge in [-0.15, -0.1) is 0 Å². The highest BCUT2D eigenvalue weighted by Crippen LogP contribution is 2.14. The lowest BCUT2D eigenvalue weighted by Gasteiger charge is -2.14. The number of amides is 2. The molecule has 0 radical (unpaired) electrons. The number of nitrogens with one attached hydrogen (secondary N) is 3. The van der Waals surface area contributed by atoms with Gasteiger partial charge in [0.2, 0.25) is 10.0 Å². The summed E-state index contributed by atoms with van der Waals surface area (Å²) in [6, 6.07) is 10.4. The van der Waals surface area contributed by atoms with Gasteiger partial charge in [0.05, 0.1) is 4.90 Å². The molecule has 1 atom stereocenters. The van der Waals surface area contributed by atoms with Gasteiger partial charge in [-0.2, -0.15) is 4.72 Å². The maximum Gasteiger partial charge on any atom is 0.324 e. The summed E-state index contributed by atoms with van der Waals surface area (Å²) >= 11 is 5.74. The third-order valence-corrected chi connectivity index (χ3v) is 5.71. The molecular formula is C20H22ClN3O6S. The second kappa shape index (κ2) is 10.9. The van der Waals surface area contributed by atoms with Crippen LogP contribution in [-0.4, -0.2) is 45.4 Å². The summed E-state index contributed by atoms with van der Waals surface area (Å²) in [5, 5.41) is 5.52. The van der Waals surface area contributed by atoms with Crippen LogP contribution in [0.15, 0.2) is 53.4 Å². The minimum atomic E-state index is -3.97. The van der Waals surface area contributed by atoms with E-state index in [2.05, 4.69) is 15.4 Å². The molecule has 0 saturated heterocycles. The van der Waals surface area contributed by atoms with Gasteiger partial charge in [-0.05, 0) is 56.3 Å². The average Bonchev–Trinajstić information content (AvgIpc) is 2.72. The molecule has 0 aliphatic carbocycles. The summed E-state index contributed by atoms with van der Waals surface area (Å²) in [5.41, 5.74) is 0.711.